The van der Waals surface area contributed by atoms with E-state index >= 15 is 0 Å². The SMILES string of the molecule is CCOP(=O)(Cc1ccc(C(=O)Nc2nc(-c3ccccc3)cs2)cc1)OCC. The molecule has 0 saturated carbocycles. The fraction of sp³-hybridized carbons (Fsp3) is 0.238. The molecule has 0 fully saturated rings. The fourth-order valence-corrected chi connectivity index (χ4v) is 5.17. The Morgan fingerprint density at radius 2 is 1.69 bits per heavy atom. The summed E-state index contributed by atoms with van der Waals surface area (Å²) in [5.74, 6) is -0.247. The quantitative estimate of drug-likeness (QED) is 0.432. The molecule has 0 aliphatic carbocycles. The standard InChI is InChI=1S/C21H23N2O4PS/c1-3-26-28(25,27-4-2)14-16-10-12-18(13-11-16)20(24)23-21-22-19(15-29-21)17-8-6-5-7-9-17/h5-13,15H,3-4,14H2,1-2H3,(H,22,23,24). The normalized spacial score (nSPS) is 11.4. The molecule has 0 aliphatic heterocycles. The van der Waals surface area contributed by atoms with Gasteiger partial charge < -0.3 is 9.05 Å². The highest BCUT2D eigenvalue weighted by Gasteiger charge is 2.24. The number of rotatable bonds is 9. The lowest BCUT2D eigenvalue weighted by molar-refractivity contribution is 0.102. The van der Waals surface area contributed by atoms with E-state index in [9.17, 15) is 9.36 Å². The lowest BCUT2D eigenvalue weighted by atomic mass is 10.1. The van der Waals surface area contributed by atoms with Crippen molar-refractivity contribution in [2.24, 2.45) is 0 Å². The van der Waals surface area contributed by atoms with Gasteiger partial charge in [-0.1, -0.05) is 42.5 Å². The van der Waals surface area contributed by atoms with Gasteiger partial charge in [-0.25, -0.2) is 4.98 Å². The Balaban J connectivity index is 1.65. The molecule has 3 aromatic rings. The first-order valence-corrected chi connectivity index (χ1v) is 11.9. The Morgan fingerprint density at radius 3 is 2.31 bits per heavy atom. The van der Waals surface area contributed by atoms with Crippen molar-refractivity contribution < 1.29 is 18.4 Å². The molecule has 0 bridgehead atoms. The van der Waals surface area contributed by atoms with Crippen molar-refractivity contribution in [3.05, 3.63) is 71.1 Å². The van der Waals surface area contributed by atoms with Gasteiger partial charge in [0.15, 0.2) is 5.13 Å². The monoisotopic (exact) mass is 430 g/mol. The second-order valence-corrected chi connectivity index (χ2v) is 9.07. The summed E-state index contributed by atoms with van der Waals surface area (Å²) in [5.41, 5.74) is 3.10. The van der Waals surface area contributed by atoms with Gasteiger partial charge >= 0.3 is 7.60 Å². The molecule has 0 atom stereocenters. The second-order valence-electron chi connectivity index (χ2n) is 6.16. The summed E-state index contributed by atoms with van der Waals surface area (Å²) in [5, 5.41) is 5.27. The Hall–Kier alpha value is -2.31. The van der Waals surface area contributed by atoms with Gasteiger partial charge in [0.2, 0.25) is 0 Å². The van der Waals surface area contributed by atoms with Gasteiger partial charge in [0.1, 0.15) is 0 Å². The molecule has 1 amide bonds. The molecule has 0 saturated heterocycles. The van der Waals surface area contributed by atoms with Crippen LogP contribution in [0.4, 0.5) is 5.13 Å². The number of hydrogen-bond donors (Lipinski definition) is 1. The summed E-state index contributed by atoms with van der Waals surface area (Å²) >= 11 is 1.38. The summed E-state index contributed by atoms with van der Waals surface area (Å²) in [7, 11) is -3.17. The Morgan fingerprint density at radius 1 is 1.03 bits per heavy atom. The molecule has 0 aliphatic rings. The van der Waals surface area contributed by atoms with Crippen LogP contribution in [-0.2, 0) is 19.8 Å². The summed E-state index contributed by atoms with van der Waals surface area (Å²) < 4.78 is 23.3. The van der Waals surface area contributed by atoms with E-state index < -0.39 is 7.60 Å². The number of benzene rings is 2. The summed E-state index contributed by atoms with van der Waals surface area (Å²) in [6.45, 7) is 4.19. The average Bonchev–Trinajstić information content (AvgIpc) is 3.18. The van der Waals surface area contributed by atoms with Crippen LogP contribution in [0.2, 0.25) is 0 Å². The van der Waals surface area contributed by atoms with Crippen molar-refractivity contribution >= 4 is 30.0 Å². The predicted octanol–water partition coefficient (Wildman–Crippen LogP) is 5.83. The molecule has 2 aromatic carbocycles. The van der Waals surface area contributed by atoms with E-state index in [1.807, 2.05) is 35.7 Å². The minimum absolute atomic E-state index is 0.170. The molecular formula is C21H23N2O4PS. The smallest absolute Gasteiger partial charge is 0.309 e. The molecule has 1 aromatic heterocycles. The first kappa shape index (κ1) is 21.4. The molecule has 3 rings (SSSR count). The molecule has 0 radical (unpaired) electrons. The number of carbonyl (C=O) groups is 1. The van der Waals surface area contributed by atoms with Gasteiger partial charge in [-0.3, -0.25) is 14.7 Å². The van der Waals surface area contributed by atoms with Gasteiger partial charge in [-0.15, -0.1) is 11.3 Å². The topological polar surface area (TPSA) is 77.5 Å². The number of hydrogen-bond acceptors (Lipinski definition) is 6. The highest BCUT2D eigenvalue weighted by atomic mass is 32.1. The van der Waals surface area contributed by atoms with Crippen molar-refractivity contribution in [3.8, 4) is 11.3 Å². The van der Waals surface area contributed by atoms with Crippen LogP contribution in [0.25, 0.3) is 11.3 Å². The minimum atomic E-state index is -3.17. The van der Waals surface area contributed by atoms with Crippen LogP contribution in [0.3, 0.4) is 0 Å². The lowest BCUT2D eigenvalue weighted by Gasteiger charge is -2.17. The largest absolute Gasteiger partial charge is 0.335 e. The van der Waals surface area contributed by atoms with Crippen LogP contribution >= 0.6 is 18.9 Å². The molecule has 29 heavy (non-hydrogen) atoms. The number of nitrogens with zero attached hydrogens (tertiary/aromatic N) is 1. The van der Waals surface area contributed by atoms with Crippen molar-refractivity contribution in [1.82, 2.24) is 4.98 Å². The minimum Gasteiger partial charge on any atom is -0.309 e. The van der Waals surface area contributed by atoms with Crippen LogP contribution in [0.1, 0.15) is 29.8 Å². The van der Waals surface area contributed by atoms with E-state index in [0.29, 0.717) is 23.9 Å². The van der Waals surface area contributed by atoms with Crippen molar-refractivity contribution in [2.75, 3.05) is 18.5 Å². The lowest BCUT2D eigenvalue weighted by Crippen LogP contribution is -2.11. The molecule has 152 valence electrons. The first-order valence-electron chi connectivity index (χ1n) is 9.32. The molecule has 0 unspecified atom stereocenters. The van der Waals surface area contributed by atoms with Gasteiger partial charge in [0, 0.05) is 16.5 Å². The number of anilines is 1. The fourth-order valence-electron chi connectivity index (χ4n) is 2.75. The summed E-state index contributed by atoms with van der Waals surface area (Å²) in [6.07, 6.45) is 0.170. The van der Waals surface area contributed by atoms with Crippen LogP contribution in [0.5, 0.6) is 0 Å². The zero-order chi connectivity index (χ0) is 20.7. The average molecular weight is 430 g/mol. The summed E-state index contributed by atoms with van der Waals surface area (Å²) in [6, 6.07) is 16.7. The Bertz CT molecular complexity index is 979. The predicted molar refractivity (Wildman–Crippen MR) is 117 cm³/mol. The van der Waals surface area contributed by atoms with Crippen LogP contribution in [0, 0.1) is 0 Å². The van der Waals surface area contributed by atoms with Gasteiger partial charge in [0.25, 0.3) is 5.91 Å². The zero-order valence-electron chi connectivity index (χ0n) is 16.3. The molecule has 6 nitrogen and oxygen atoms in total. The van der Waals surface area contributed by atoms with Crippen LogP contribution in [-0.4, -0.2) is 24.1 Å². The van der Waals surface area contributed by atoms with Crippen molar-refractivity contribution in [2.45, 2.75) is 20.0 Å². The maximum Gasteiger partial charge on any atom is 0.335 e. The molecule has 1 heterocycles. The van der Waals surface area contributed by atoms with Crippen molar-refractivity contribution in [1.29, 1.82) is 0 Å². The number of thiazole rings is 1. The van der Waals surface area contributed by atoms with Gasteiger partial charge in [-0.05, 0) is 31.5 Å². The summed E-state index contributed by atoms with van der Waals surface area (Å²) in [4.78, 5) is 17.0. The van der Waals surface area contributed by atoms with E-state index in [0.717, 1.165) is 16.8 Å². The Labute approximate surface area is 174 Å². The third-order valence-corrected chi connectivity index (χ3v) is 6.85. The third kappa shape index (κ3) is 5.84. The second kappa shape index (κ2) is 9.94. The van der Waals surface area contributed by atoms with Crippen LogP contribution in [0.15, 0.2) is 60.0 Å². The number of aromatic nitrogens is 1. The van der Waals surface area contributed by atoms with E-state index in [1.165, 1.54) is 11.3 Å². The van der Waals surface area contributed by atoms with E-state index in [-0.39, 0.29) is 12.1 Å². The Kier molecular flexibility index (Phi) is 7.34. The van der Waals surface area contributed by atoms with Gasteiger partial charge in [0.05, 0.1) is 25.1 Å². The first-order chi connectivity index (χ1) is 14.0. The van der Waals surface area contributed by atoms with E-state index in [1.54, 1.807) is 38.1 Å². The highest BCUT2D eigenvalue weighted by Crippen LogP contribution is 2.51. The van der Waals surface area contributed by atoms with Crippen molar-refractivity contribution in [3.63, 3.8) is 0 Å². The van der Waals surface area contributed by atoms with Crippen LogP contribution < -0.4 is 5.32 Å². The zero-order valence-corrected chi connectivity index (χ0v) is 18.0. The number of carbonyl (C=O) groups excluding carboxylic acids is 1. The number of amides is 1. The third-order valence-electron chi connectivity index (χ3n) is 4.04. The molecule has 8 heteroatoms. The molecular weight excluding hydrogens is 407 g/mol. The number of nitrogens with one attached hydrogen (secondary N) is 1. The maximum absolute atomic E-state index is 12.6. The maximum atomic E-state index is 12.6. The van der Waals surface area contributed by atoms with E-state index in [4.69, 9.17) is 9.05 Å². The molecule has 0 spiro atoms. The molecule has 1 N–H and O–H groups in total. The highest BCUT2D eigenvalue weighted by molar-refractivity contribution is 7.53. The van der Waals surface area contributed by atoms with E-state index in [2.05, 4.69) is 10.3 Å². The van der Waals surface area contributed by atoms with Gasteiger partial charge in [-0.2, -0.15) is 0 Å².